The number of hydrogen-bond donors (Lipinski definition) is 0. The minimum atomic E-state index is -1.42. The van der Waals surface area contributed by atoms with Gasteiger partial charge in [-0.2, -0.15) is 0 Å². The van der Waals surface area contributed by atoms with Gasteiger partial charge in [-0.05, 0) is 0 Å². The molecule has 1 saturated heterocycles. The van der Waals surface area contributed by atoms with Crippen molar-refractivity contribution in [3.63, 3.8) is 0 Å². The maximum absolute atomic E-state index is 6.21. The summed E-state index contributed by atoms with van der Waals surface area (Å²) < 4.78 is 13.4. The Kier molecular flexibility index (Phi) is 9.27. The zero-order chi connectivity index (χ0) is 10.9. The van der Waals surface area contributed by atoms with Gasteiger partial charge in [0, 0.05) is 0 Å². The first-order valence-corrected chi connectivity index (χ1v) is 29.8. The summed E-state index contributed by atoms with van der Waals surface area (Å²) in [5.41, 5.74) is 0. The topological polar surface area (TPSA) is 18.5 Å². The normalized spacial score (nSPS) is 25.6. The van der Waals surface area contributed by atoms with Crippen molar-refractivity contribution < 1.29 is 6.15 Å². The van der Waals surface area contributed by atoms with Crippen molar-refractivity contribution in [2.45, 2.75) is 50.4 Å². The molecule has 0 aliphatic carbocycles. The van der Waals surface area contributed by atoms with Crippen molar-refractivity contribution in [1.82, 2.24) is 0 Å². The van der Waals surface area contributed by atoms with Gasteiger partial charge in [-0.3, -0.25) is 0 Å². The first-order valence-electron chi connectivity index (χ1n) is 6.56. The van der Waals surface area contributed by atoms with Crippen molar-refractivity contribution in [2.24, 2.45) is 5.92 Å². The van der Waals surface area contributed by atoms with E-state index >= 15 is 0 Å². The molecule has 0 aromatic rings. The van der Waals surface area contributed by atoms with Crippen LogP contribution in [0, 0.1) is 5.92 Å². The zero-order valence-corrected chi connectivity index (χ0v) is 17.7. The molecule has 4 heteroatoms. The molecule has 1 heterocycles. The third-order valence-corrected chi connectivity index (χ3v) is 34.6. The van der Waals surface area contributed by atoms with Gasteiger partial charge in [0.15, 0.2) is 0 Å². The molecule has 1 aliphatic rings. The first kappa shape index (κ1) is 14.6. The standard InChI is InChI=1S/C8H17O.C3H6O.2Sn.3H/c1-3-5-6-8(4-2)7-9;1-2-3-4;;;;;/h8H,3-7H2,1-2H3;1-3H2;;;;;/q2*-1;2*+1;;;. The summed E-state index contributed by atoms with van der Waals surface area (Å²) in [6.07, 6.45) is 6.69. The number of unbranched alkanes of at least 4 members (excludes halogenated alkanes) is 1. The van der Waals surface area contributed by atoms with Crippen LogP contribution in [-0.4, -0.2) is 47.0 Å². The van der Waals surface area contributed by atoms with E-state index in [1.54, 1.807) is 0 Å². The van der Waals surface area contributed by atoms with Crippen LogP contribution < -0.4 is 0 Å². The summed E-state index contributed by atoms with van der Waals surface area (Å²) in [5, 5.41) is 0. The molecule has 0 radical (unpaired) electrons. The van der Waals surface area contributed by atoms with Gasteiger partial charge in [0.1, 0.15) is 0 Å². The second kappa shape index (κ2) is 9.54. The van der Waals surface area contributed by atoms with Crippen LogP contribution in [0.4, 0.5) is 0 Å². The molecule has 2 unspecified atom stereocenters. The second-order valence-electron chi connectivity index (χ2n) is 4.59. The molecule has 0 bridgehead atoms. The fourth-order valence-corrected chi connectivity index (χ4v) is 29.8. The van der Waals surface area contributed by atoms with Crippen LogP contribution in [0.1, 0.15) is 46.0 Å². The fraction of sp³-hybridized carbons (Fsp3) is 1.00. The Morgan fingerprint density at radius 2 is 2.33 bits per heavy atom. The van der Waals surface area contributed by atoms with E-state index in [4.69, 9.17) is 6.15 Å². The number of rotatable bonds is 7. The molecule has 0 saturated carbocycles. The summed E-state index contributed by atoms with van der Waals surface area (Å²) in [6.45, 7) is 6.73. The molecule has 0 amide bonds. The van der Waals surface area contributed by atoms with Crippen LogP contribution in [0.2, 0.25) is 4.44 Å². The Balaban J connectivity index is 2.09. The van der Waals surface area contributed by atoms with E-state index in [2.05, 4.69) is 13.8 Å². The van der Waals surface area contributed by atoms with Crippen molar-refractivity contribution in [1.29, 1.82) is 0 Å². The van der Waals surface area contributed by atoms with E-state index in [0.29, 0.717) is 0 Å². The third-order valence-electron chi connectivity index (χ3n) is 3.23. The molecular formula is C11H26O2Sn2. The fourth-order valence-electron chi connectivity index (χ4n) is 2.01. The van der Waals surface area contributed by atoms with Gasteiger partial charge in [-0.1, -0.05) is 0 Å². The molecule has 2 atom stereocenters. The zero-order valence-electron chi connectivity index (χ0n) is 10.3. The monoisotopic (exact) mass is 430 g/mol. The summed E-state index contributed by atoms with van der Waals surface area (Å²) in [6, 6.07) is 0. The van der Waals surface area contributed by atoms with Crippen molar-refractivity contribution >= 4 is 33.8 Å². The molecule has 1 aliphatic heterocycles. The molecule has 1 rings (SSSR count). The van der Waals surface area contributed by atoms with E-state index in [0.717, 1.165) is 19.1 Å². The van der Waals surface area contributed by atoms with Gasteiger partial charge in [0.2, 0.25) is 0 Å². The molecule has 0 spiro atoms. The maximum atomic E-state index is 6.21. The minimum absolute atomic E-state index is 0.763. The van der Waals surface area contributed by atoms with Gasteiger partial charge in [-0.15, -0.1) is 0 Å². The summed E-state index contributed by atoms with van der Waals surface area (Å²) in [7, 11) is 0. The van der Waals surface area contributed by atoms with E-state index in [9.17, 15) is 0 Å². The van der Waals surface area contributed by atoms with E-state index in [1.807, 2.05) is 0 Å². The quantitative estimate of drug-likeness (QED) is 0.578. The first-order chi connectivity index (χ1) is 7.36. The third kappa shape index (κ3) is 6.74. The Hall–Kier alpha value is 1.52. The van der Waals surface area contributed by atoms with Crippen molar-refractivity contribution in [2.75, 3.05) is 13.2 Å². The Morgan fingerprint density at radius 1 is 1.47 bits per heavy atom. The van der Waals surface area contributed by atoms with Crippen LogP contribution in [0.5, 0.6) is 0 Å². The van der Waals surface area contributed by atoms with Crippen LogP contribution in [-0.2, 0) is 6.15 Å². The predicted molar refractivity (Wildman–Crippen MR) is 70.3 cm³/mol. The Labute approximate surface area is 109 Å². The predicted octanol–water partition coefficient (Wildman–Crippen LogP) is 1.94. The number of hydrogen-bond acceptors (Lipinski definition) is 2. The van der Waals surface area contributed by atoms with Crippen LogP contribution in [0.15, 0.2) is 0 Å². The molecule has 15 heavy (non-hydrogen) atoms. The summed E-state index contributed by atoms with van der Waals surface area (Å²) in [5.74, 6) is 0.842. The van der Waals surface area contributed by atoms with Gasteiger partial charge >= 0.3 is 109 Å². The van der Waals surface area contributed by atoms with Gasteiger partial charge < -0.3 is 0 Å². The summed E-state index contributed by atoms with van der Waals surface area (Å²) >= 11 is -2.18. The average Bonchev–Trinajstić information content (AvgIpc) is 2.31. The van der Waals surface area contributed by atoms with Gasteiger partial charge in [0.25, 0.3) is 0 Å². The molecule has 0 N–H and O–H groups in total. The van der Waals surface area contributed by atoms with Crippen molar-refractivity contribution in [3.05, 3.63) is 0 Å². The van der Waals surface area contributed by atoms with Crippen molar-refractivity contribution in [3.8, 4) is 0 Å². The molecule has 0 aromatic carbocycles. The average molecular weight is 428 g/mol. The van der Waals surface area contributed by atoms with Crippen LogP contribution >= 0.6 is 0 Å². The van der Waals surface area contributed by atoms with Crippen LogP contribution in [0.3, 0.4) is 0 Å². The molecule has 1 fully saturated rings. The van der Waals surface area contributed by atoms with E-state index in [-0.39, 0.29) is 0 Å². The SMILES string of the molecule is CCCCC(CC)C[O][SnH]1[CH2]CC[O][SnH2]1. The Bertz CT molecular complexity index is 150. The molecular weight excluding hydrogens is 402 g/mol. The second-order valence-corrected chi connectivity index (χ2v) is 36.7. The van der Waals surface area contributed by atoms with E-state index < -0.39 is 33.8 Å². The molecule has 90 valence electrons. The van der Waals surface area contributed by atoms with Crippen LogP contribution in [0.25, 0.3) is 0 Å². The summed E-state index contributed by atoms with van der Waals surface area (Å²) in [4.78, 5) is 0. The van der Waals surface area contributed by atoms with Gasteiger partial charge in [0.05, 0.1) is 0 Å². The Morgan fingerprint density at radius 3 is 2.93 bits per heavy atom. The molecule has 0 aromatic heterocycles. The molecule has 2 nitrogen and oxygen atoms in total. The van der Waals surface area contributed by atoms with Gasteiger partial charge in [-0.25, -0.2) is 0 Å². The van der Waals surface area contributed by atoms with E-state index in [1.165, 1.54) is 36.5 Å².